The first-order chi connectivity index (χ1) is 23.4. The van der Waals surface area contributed by atoms with Crippen molar-refractivity contribution >= 4 is 86.5 Å². The van der Waals surface area contributed by atoms with Crippen LogP contribution in [0.4, 0.5) is 0 Å². The zero-order valence-corrected chi connectivity index (χ0v) is 29.1. The molecule has 0 bridgehead atoms. The molecule has 252 valence electrons. The Kier molecular flexibility index (Phi) is 15.1. The largest absolute Gasteiger partial charge is 0.508 e. The maximum atomic E-state index is 14.2. The number of nitrogens with two attached hydrogens (primary N) is 4. The third-order valence-corrected chi connectivity index (χ3v) is 8.73. The number of amides is 3. The summed E-state index contributed by atoms with van der Waals surface area (Å²) < 4.78 is 0. The molecule has 0 saturated carbocycles. The van der Waals surface area contributed by atoms with E-state index in [9.17, 15) is 19.5 Å². The van der Waals surface area contributed by atoms with Crippen LogP contribution in [-0.4, -0.2) is 128 Å². The van der Waals surface area contributed by atoms with E-state index in [1.54, 1.807) is 13.8 Å². The van der Waals surface area contributed by atoms with Crippen molar-refractivity contribution < 1.29 is 19.5 Å². The number of carbonyl (C=O) groups excluding carboxylic acids is 3. The Labute approximate surface area is 311 Å². The van der Waals surface area contributed by atoms with Gasteiger partial charge in [0, 0.05) is 19.5 Å². The number of nitrogens with one attached hydrogen (secondary N) is 3. The summed E-state index contributed by atoms with van der Waals surface area (Å²) >= 11 is 0. The van der Waals surface area contributed by atoms with Gasteiger partial charge in [-0.2, -0.15) is 0 Å². The zero-order chi connectivity index (χ0) is 38.9. The minimum absolute atomic E-state index is 0.00468. The van der Waals surface area contributed by atoms with Crippen molar-refractivity contribution in [1.29, 1.82) is 0 Å². The van der Waals surface area contributed by atoms with E-state index in [2.05, 4.69) is 20.9 Å². The van der Waals surface area contributed by atoms with E-state index in [0.29, 0.717) is 29.5 Å². The summed E-state index contributed by atoms with van der Waals surface area (Å²) in [6.07, 6.45) is 0.756. The van der Waals surface area contributed by atoms with E-state index >= 15 is 0 Å². The predicted molar refractivity (Wildman–Crippen MR) is 207 cm³/mol. The van der Waals surface area contributed by atoms with Crippen LogP contribution in [0.3, 0.4) is 0 Å². The van der Waals surface area contributed by atoms with Gasteiger partial charge in [0.25, 0.3) is 0 Å². The maximum absolute atomic E-state index is 14.2. The Morgan fingerprint density at radius 2 is 1.43 bits per heavy atom. The Bertz CT molecular complexity index is 1530. The molecule has 0 fully saturated rings. The molecule has 0 aromatic heterocycles. The van der Waals surface area contributed by atoms with Crippen LogP contribution in [0.5, 0.6) is 5.75 Å². The molecular weight excluding hydrogens is 635 g/mol. The first kappa shape index (κ1) is 43.5. The van der Waals surface area contributed by atoms with E-state index in [1.807, 2.05) is 30.3 Å². The predicted octanol–water partition coefficient (Wildman–Crippen LogP) is -3.43. The van der Waals surface area contributed by atoms with Gasteiger partial charge >= 0.3 is 0 Å². The fourth-order valence-corrected chi connectivity index (χ4v) is 5.31. The lowest BCUT2D eigenvalue weighted by molar-refractivity contribution is -0.132. The normalized spacial score (nSPS) is 14.0. The standard InChI is InChI=1S/C31H40B8N8O4/c1-16-13-19(48)14-17(2)20(16)15-22(46-24(49)21(40)9-6-11-45-27(41)42)25(50)47-23(26(51)44-12-10-18-7-4-3-5-8-18)28(32,33)29(34,35)30(36,37)31(38,39)43/h3-5,7-8,13-14,21-23,48H,6,9-12,15,40,43H2,1-2H3,(H,44,51)(H,46,49)(H,47,50)(H4,41,42,45)/t21-,22+,23?/m1/s1. The molecule has 2 aromatic rings. The van der Waals surface area contributed by atoms with Crippen LogP contribution < -0.4 is 38.9 Å². The second-order valence-electron chi connectivity index (χ2n) is 13.0. The molecule has 3 amide bonds. The average molecular weight is 675 g/mol. The van der Waals surface area contributed by atoms with Crippen LogP contribution in [-0.2, 0) is 27.2 Å². The molecule has 2 aromatic carbocycles. The van der Waals surface area contributed by atoms with Gasteiger partial charge in [-0.25, -0.2) is 0 Å². The molecule has 1 unspecified atom stereocenters. The van der Waals surface area contributed by atoms with E-state index in [-0.39, 0.29) is 37.6 Å². The second kappa shape index (κ2) is 17.7. The van der Waals surface area contributed by atoms with Gasteiger partial charge in [-0.3, -0.25) is 19.4 Å². The van der Waals surface area contributed by atoms with Crippen LogP contribution in [0.2, 0.25) is 15.6 Å². The molecule has 20 heteroatoms. The Morgan fingerprint density at radius 3 is 1.96 bits per heavy atom. The second-order valence-corrected chi connectivity index (χ2v) is 13.0. The molecule has 0 aliphatic heterocycles. The highest BCUT2D eigenvalue weighted by Gasteiger charge is 2.54. The molecular formula is C31H40B8N8O4. The van der Waals surface area contributed by atoms with E-state index in [4.69, 9.17) is 85.7 Å². The summed E-state index contributed by atoms with van der Waals surface area (Å²) in [6.45, 7) is 3.69. The van der Waals surface area contributed by atoms with Gasteiger partial charge in [-0.1, -0.05) is 40.9 Å². The van der Waals surface area contributed by atoms with Crippen molar-refractivity contribution in [2.75, 3.05) is 13.1 Å². The molecule has 0 spiro atoms. The van der Waals surface area contributed by atoms with Crippen molar-refractivity contribution in [3.63, 3.8) is 0 Å². The van der Waals surface area contributed by atoms with Crippen LogP contribution in [0, 0.1) is 13.8 Å². The monoisotopic (exact) mass is 676 g/mol. The molecule has 0 heterocycles. The zero-order valence-electron chi connectivity index (χ0n) is 29.1. The lowest BCUT2D eigenvalue weighted by atomic mass is 9.11. The molecule has 0 aliphatic rings. The highest BCUT2D eigenvalue weighted by molar-refractivity contribution is 6.66. The van der Waals surface area contributed by atoms with Crippen LogP contribution in [0.1, 0.15) is 35.1 Å². The van der Waals surface area contributed by atoms with Gasteiger partial charge in [-0.05, 0) is 67.5 Å². The molecule has 12 nitrogen and oxygen atoms in total. The number of hydrogen-bond donors (Lipinski definition) is 8. The number of phenolic OH excluding ortho intramolecular Hbond substituents is 1. The topological polar surface area (TPSA) is 224 Å². The lowest BCUT2D eigenvalue weighted by Gasteiger charge is -2.63. The van der Waals surface area contributed by atoms with Crippen molar-refractivity contribution in [2.24, 2.45) is 27.9 Å². The number of phenols is 1. The number of carbonyl (C=O) groups is 3. The summed E-state index contributed by atoms with van der Waals surface area (Å²) in [5.74, 6) is -2.74. The van der Waals surface area contributed by atoms with Crippen LogP contribution in [0.15, 0.2) is 47.5 Å². The van der Waals surface area contributed by atoms with Gasteiger partial charge in [-0.15, -0.1) is 10.4 Å². The van der Waals surface area contributed by atoms with Gasteiger partial charge in [0.15, 0.2) is 5.96 Å². The van der Waals surface area contributed by atoms with Crippen molar-refractivity contribution in [1.82, 2.24) is 16.0 Å². The summed E-state index contributed by atoms with van der Waals surface area (Å²) in [7, 11) is 49.4. The molecule has 0 aliphatic carbocycles. The Hall–Kier alpha value is -3.64. The van der Waals surface area contributed by atoms with E-state index in [0.717, 1.165) is 5.56 Å². The number of rotatable bonds is 18. The average Bonchev–Trinajstić information content (AvgIpc) is 3.02. The minimum atomic E-state index is -2.76. The quantitative estimate of drug-likeness (QED) is 0.0343. The van der Waals surface area contributed by atoms with E-state index < -0.39 is 56.8 Å². The van der Waals surface area contributed by atoms with E-state index in [1.165, 1.54) is 12.1 Å². The number of nitrogens with zero attached hydrogens (tertiary/aromatic N) is 1. The fourth-order valence-electron chi connectivity index (χ4n) is 5.31. The Morgan fingerprint density at radius 1 is 0.863 bits per heavy atom. The summed E-state index contributed by atoms with van der Waals surface area (Å²) in [5.41, 5.74) is 25.3. The Balaban J connectivity index is 2.54. The van der Waals surface area contributed by atoms with Gasteiger partial charge in [0.2, 0.25) is 17.7 Å². The summed E-state index contributed by atoms with van der Waals surface area (Å²) in [6, 6.07) is 7.68. The number of benzene rings is 2. The van der Waals surface area contributed by atoms with Crippen molar-refractivity contribution in [3.05, 3.63) is 64.7 Å². The highest BCUT2D eigenvalue weighted by Crippen LogP contribution is 2.60. The molecule has 51 heavy (non-hydrogen) atoms. The van der Waals surface area contributed by atoms with Crippen LogP contribution in [0.25, 0.3) is 0 Å². The number of aromatic hydroxyl groups is 1. The van der Waals surface area contributed by atoms with Gasteiger partial charge in [0.05, 0.1) is 74.9 Å². The molecule has 0 saturated heterocycles. The first-order valence-electron chi connectivity index (χ1n) is 16.1. The number of aryl methyl sites for hydroxylation is 2. The number of hydrogen-bond acceptors (Lipinski definition) is 7. The number of guanidine groups is 1. The summed E-state index contributed by atoms with van der Waals surface area (Å²) in [4.78, 5) is 45.2. The molecule has 12 N–H and O–H groups in total. The molecule has 3 atom stereocenters. The molecule has 16 radical (unpaired) electrons. The van der Waals surface area contributed by atoms with Gasteiger partial charge in [0.1, 0.15) is 11.8 Å². The van der Waals surface area contributed by atoms with Gasteiger partial charge < -0.3 is 44.0 Å². The summed E-state index contributed by atoms with van der Waals surface area (Å²) in [5, 5.41) is 7.22. The molecule has 2 rings (SSSR count). The SMILES string of the molecule is [B]C([B])(N)C([B])([B])C([B])([B])C([B])([B])C(NC(=O)[C@H](Cc1c(C)cc(O)cc1C)NC(=O)[C@H](N)CCCN=C(N)N)C(=O)NCCc1ccccc1. The van der Waals surface area contributed by atoms with Crippen molar-refractivity contribution in [3.8, 4) is 5.75 Å². The smallest absolute Gasteiger partial charge is 0.243 e. The first-order valence-corrected chi connectivity index (χ1v) is 16.1. The third kappa shape index (κ3) is 11.2. The third-order valence-electron chi connectivity index (χ3n) is 8.73. The number of aliphatic imine (C=N–C) groups is 1. The fraction of sp³-hybridized carbons (Fsp3) is 0.484. The van der Waals surface area contributed by atoms with Crippen molar-refractivity contribution in [2.45, 2.75) is 78.6 Å². The lowest BCUT2D eigenvalue weighted by Crippen LogP contribution is -2.67. The maximum Gasteiger partial charge on any atom is 0.243 e. The highest BCUT2D eigenvalue weighted by atomic mass is 16.3. The van der Waals surface area contributed by atoms with Crippen LogP contribution >= 0.6 is 0 Å². The minimum Gasteiger partial charge on any atom is -0.508 e.